The zero-order valence-electron chi connectivity index (χ0n) is 15.0. The van der Waals surface area contributed by atoms with Crippen LogP contribution in [0.3, 0.4) is 0 Å². The maximum atomic E-state index is 6.28. The molecule has 26 heavy (non-hydrogen) atoms. The van der Waals surface area contributed by atoms with E-state index in [9.17, 15) is 0 Å². The lowest BCUT2D eigenvalue weighted by Crippen LogP contribution is -2.36. The van der Waals surface area contributed by atoms with E-state index in [2.05, 4.69) is 58.1 Å². The molecule has 3 nitrogen and oxygen atoms in total. The third kappa shape index (κ3) is 4.12. The zero-order valence-corrected chi connectivity index (χ0v) is 15.8. The predicted octanol–water partition coefficient (Wildman–Crippen LogP) is 4.61. The molecule has 4 heteroatoms. The van der Waals surface area contributed by atoms with Crippen molar-refractivity contribution in [3.05, 3.63) is 70.9 Å². The Bertz CT molecular complexity index is 853. The number of fused-ring (bicyclic) bond motifs is 1. The summed E-state index contributed by atoms with van der Waals surface area (Å²) in [5, 5.41) is 2.10. The van der Waals surface area contributed by atoms with Crippen LogP contribution in [0, 0.1) is 0 Å². The van der Waals surface area contributed by atoms with Crippen LogP contribution in [0.5, 0.6) is 0 Å². The van der Waals surface area contributed by atoms with Crippen LogP contribution in [-0.4, -0.2) is 42.3 Å². The third-order valence-electron chi connectivity index (χ3n) is 5.15. The van der Waals surface area contributed by atoms with Gasteiger partial charge in [0.2, 0.25) is 0 Å². The first-order valence-corrected chi connectivity index (χ1v) is 9.79. The van der Waals surface area contributed by atoms with Crippen LogP contribution in [0.25, 0.3) is 10.9 Å². The summed E-state index contributed by atoms with van der Waals surface area (Å²) in [6.07, 6.45) is 4.56. The van der Waals surface area contributed by atoms with Gasteiger partial charge in [-0.2, -0.15) is 0 Å². The Morgan fingerprint density at radius 2 is 1.81 bits per heavy atom. The predicted molar refractivity (Wildman–Crippen MR) is 108 cm³/mol. The second-order valence-electron chi connectivity index (χ2n) is 6.99. The van der Waals surface area contributed by atoms with Gasteiger partial charge in [0.1, 0.15) is 0 Å². The van der Waals surface area contributed by atoms with Gasteiger partial charge < -0.3 is 9.30 Å². The second-order valence-corrected chi connectivity index (χ2v) is 7.42. The molecule has 0 unspecified atom stereocenters. The fourth-order valence-corrected chi connectivity index (χ4v) is 3.94. The molecule has 136 valence electrons. The summed E-state index contributed by atoms with van der Waals surface area (Å²) < 4.78 is 7.79. The first-order valence-electron chi connectivity index (χ1n) is 9.41. The van der Waals surface area contributed by atoms with E-state index in [-0.39, 0.29) is 0 Å². The Morgan fingerprint density at radius 1 is 1.00 bits per heavy atom. The van der Waals surface area contributed by atoms with Crippen LogP contribution >= 0.6 is 11.6 Å². The molecular weight excluding hydrogens is 344 g/mol. The molecule has 0 atom stereocenters. The average molecular weight is 369 g/mol. The largest absolute Gasteiger partial charge is 0.379 e. The van der Waals surface area contributed by atoms with E-state index in [4.69, 9.17) is 16.3 Å². The van der Waals surface area contributed by atoms with Crippen molar-refractivity contribution in [2.75, 3.05) is 32.8 Å². The van der Waals surface area contributed by atoms with Crippen molar-refractivity contribution in [1.29, 1.82) is 0 Å². The van der Waals surface area contributed by atoms with E-state index in [0.29, 0.717) is 0 Å². The molecule has 2 aromatic carbocycles. The van der Waals surface area contributed by atoms with Gasteiger partial charge in [0.05, 0.1) is 13.2 Å². The van der Waals surface area contributed by atoms with Crippen molar-refractivity contribution in [2.45, 2.75) is 19.4 Å². The van der Waals surface area contributed by atoms with Crippen molar-refractivity contribution in [3.63, 3.8) is 0 Å². The molecule has 4 rings (SSSR count). The van der Waals surface area contributed by atoms with E-state index >= 15 is 0 Å². The summed E-state index contributed by atoms with van der Waals surface area (Å²) in [4.78, 5) is 2.50. The standard InChI is InChI=1S/C22H25ClN2O/c23-20-8-9-22-21(15-20)19(7-4-10-24-11-13-26-14-12-24)17-25(22)16-18-5-2-1-3-6-18/h1-3,5-6,8-9,15,17H,4,7,10-14,16H2. The molecule has 1 saturated heterocycles. The van der Waals surface area contributed by atoms with E-state index in [1.165, 1.54) is 22.0 Å². The molecule has 1 aliphatic heterocycles. The van der Waals surface area contributed by atoms with Gasteiger partial charge in [-0.1, -0.05) is 41.9 Å². The van der Waals surface area contributed by atoms with Crippen LogP contribution in [-0.2, 0) is 17.7 Å². The van der Waals surface area contributed by atoms with E-state index in [1.807, 2.05) is 6.07 Å². The van der Waals surface area contributed by atoms with Crippen molar-refractivity contribution in [3.8, 4) is 0 Å². The van der Waals surface area contributed by atoms with Gasteiger partial charge in [-0.15, -0.1) is 0 Å². The Kier molecular flexibility index (Phi) is 5.59. The van der Waals surface area contributed by atoms with Crippen molar-refractivity contribution in [2.24, 2.45) is 0 Å². The van der Waals surface area contributed by atoms with Gasteiger partial charge >= 0.3 is 0 Å². The minimum absolute atomic E-state index is 0.810. The monoisotopic (exact) mass is 368 g/mol. The van der Waals surface area contributed by atoms with E-state index in [1.54, 1.807) is 0 Å². The fourth-order valence-electron chi connectivity index (χ4n) is 3.77. The molecule has 1 aliphatic rings. The molecule has 0 aliphatic carbocycles. The van der Waals surface area contributed by atoms with Gasteiger partial charge in [-0.3, -0.25) is 4.90 Å². The van der Waals surface area contributed by atoms with Crippen LogP contribution in [0.2, 0.25) is 5.02 Å². The first-order chi connectivity index (χ1) is 12.8. The lowest BCUT2D eigenvalue weighted by molar-refractivity contribution is 0.0375. The number of nitrogens with zero attached hydrogens (tertiary/aromatic N) is 2. The van der Waals surface area contributed by atoms with E-state index in [0.717, 1.165) is 57.3 Å². The van der Waals surface area contributed by atoms with Gasteiger partial charge in [0.25, 0.3) is 0 Å². The van der Waals surface area contributed by atoms with Crippen LogP contribution in [0.15, 0.2) is 54.7 Å². The smallest absolute Gasteiger partial charge is 0.0594 e. The molecule has 0 N–H and O–H groups in total. The number of aryl methyl sites for hydroxylation is 1. The average Bonchev–Trinajstić information content (AvgIpc) is 3.00. The number of morpholine rings is 1. The SMILES string of the molecule is Clc1ccc2c(c1)c(CCCN1CCOCC1)cn2Cc1ccccc1. The summed E-state index contributed by atoms with van der Waals surface area (Å²) in [7, 11) is 0. The van der Waals surface area contributed by atoms with Crippen LogP contribution < -0.4 is 0 Å². The normalized spacial score (nSPS) is 15.6. The van der Waals surface area contributed by atoms with Gasteiger partial charge in [0.15, 0.2) is 0 Å². The zero-order chi connectivity index (χ0) is 17.8. The highest BCUT2D eigenvalue weighted by molar-refractivity contribution is 6.31. The summed E-state index contributed by atoms with van der Waals surface area (Å²) in [5.41, 5.74) is 3.98. The molecule has 0 bridgehead atoms. The third-order valence-corrected chi connectivity index (χ3v) is 5.38. The van der Waals surface area contributed by atoms with Gasteiger partial charge in [0, 0.05) is 41.8 Å². The topological polar surface area (TPSA) is 17.4 Å². The second kappa shape index (κ2) is 8.26. The van der Waals surface area contributed by atoms with Crippen LogP contribution in [0.4, 0.5) is 0 Å². The highest BCUT2D eigenvalue weighted by atomic mass is 35.5. The molecule has 1 fully saturated rings. The Labute approximate surface area is 160 Å². The highest BCUT2D eigenvalue weighted by Crippen LogP contribution is 2.27. The van der Waals surface area contributed by atoms with Crippen molar-refractivity contribution in [1.82, 2.24) is 9.47 Å². The Hall–Kier alpha value is -1.81. The molecule has 1 aromatic heterocycles. The molecule has 0 spiro atoms. The summed E-state index contributed by atoms with van der Waals surface area (Å²) >= 11 is 6.28. The maximum Gasteiger partial charge on any atom is 0.0594 e. The summed E-state index contributed by atoms with van der Waals surface area (Å²) in [6.45, 7) is 5.87. The Balaban J connectivity index is 1.52. The van der Waals surface area contributed by atoms with E-state index < -0.39 is 0 Å². The first kappa shape index (κ1) is 17.6. The maximum absolute atomic E-state index is 6.28. The number of rotatable bonds is 6. The fraction of sp³-hybridized carbons (Fsp3) is 0.364. The lowest BCUT2D eigenvalue weighted by atomic mass is 10.1. The summed E-state index contributed by atoms with van der Waals surface area (Å²) in [6, 6.07) is 16.9. The number of benzene rings is 2. The quantitative estimate of drug-likeness (QED) is 0.632. The molecular formula is C22H25ClN2O. The number of hydrogen-bond acceptors (Lipinski definition) is 2. The van der Waals surface area contributed by atoms with Gasteiger partial charge in [-0.05, 0) is 48.7 Å². The number of aromatic nitrogens is 1. The molecule has 0 saturated carbocycles. The number of hydrogen-bond donors (Lipinski definition) is 0. The molecule has 0 amide bonds. The number of halogens is 1. The molecule has 3 aromatic rings. The lowest BCUT2D eigenvalue weighted by Gasteiger charge is -2.26. The Morgan fingerprint density at radius 3 is 2.62 bits per heavy atom. The van der Waals surface area contributed by atoms with Crippen LogP contribution in [0.1, 0.15) is 17.5 Å². The van der Waals surface area contributed by atoms with Gasteiger partial charge in [-0.25, -0.2) is 0 Å². The van der Waals surface area contributed by atoms with Crippen molar-refractivity contribution >= 4 is 22.5 Å². The minimum Gasteiger partial charge on any atom is -0.379 e. The molecule has 0 radical (unpaired) electrons. The molecule has 2 heterocycles. The minimum atomic E-state index is 0.810. The van der Waals surface area contributed by atoms with Crippen molar-refractivity contribution < 1.29 is 4.74 Å². The summed E-state index contributed by atoms with van der Waals surface area (Å²) in [5.74, 6) is 0. The number of ether oxygens (including phenoxy) is 1. The highest BCUT2D eigenvalue weighted by Gasteiger charge is 2.12.